The Hall–Kier alpha value is -7.14. The predicted molar refractivity (Wildman–Crippen MR) is 259 cm³/mol. The molecule has 0 aliphatic heterocycles. The van der Waals surface area contributed by atoms with Crippen LogP contribution in [0.4, 0.5) is 0 Å². The number of pyridine rings is 1. The molecule has 3 nitrogen and oxygen atoms in total. The highest BCUT2D eigenvalue weighted by molar-refractivity contribution is 8.37. The molecule has 4 heteroatoms. The van der Waals surface area contributed by atoms with Crippen molar-refractivity contribution in [2.45, 2.75) is 41.4 Å². The van der Waals surface area contributed by atoms with E-state index in [1.54, 1.807) is 0 Å². The molecule has 61 heavy (non-hydrogen) atoms. The third-order valence-corrected chi connectivity index (χ3v) is 15.2. The van der Waals surface area contributed by atoms with Gasteiger partial charge in [-0.1, -0.05) is 130 Å². The van der Waals surface area contributed by atoms with Crippen molar-refractivity contribution in [3.05, 3.63) is 224 Å². The molecule has 0 N–H and O–H groups in total. The average Bonchev–Trinajstić information content (AvgIpc) is 3.85. The molecule has 0 aliphatic carbocycles. The van der Waals surface area contributed by atoms with Gasteiger partial charge in [-0.05, 0) is 138 Å². The molecule has 0 bridgehead atoms. The molecule has 0 saturated heterocycles. The Balaban J connectivity index is 1.17. The second kappa shape index (κ2) is 17.2. The predicted octanol–water partition coefficient (Wildman–Crippen LogP) is 16.9. The van der Waals surface area contributed by atoms with Crippen molar-refractivity contribution < 1.29 is 8.83 Å². The first-order valence-electron chi connectivity index (χ1n) is 20.8. The van der Waals surface area contributed by atoms with Gasteiger partial charge in [0, 0.05) is 42.1 Å². The highest BCUT2D eigenvalue weighted by atomic mass is 32.3. The van der Waals surface area contributed by atoms with Crippen molar-refractivity contribution in [3.8, 4) is 33.4 Å². The maximum Gasteiger partial charge on any atom is 0.153 e. The summed E-state index contributed by atoms with van der Waals surface area (Å²) in [6, 6.07) is 54.5. The van der Waals surface area contributed by atoms with Gasteiger partial charge in [0.2, 0.25) is 0 Å². The van der Waals surface area contributed by atoms with E-state index in [9.17, 15) is 0 Å². The Morgan fingerprint density at radius 2 is 1.20 bits per heavy atom. The maximum absolute atomic E-state index is 6.32. The molecule has 0 fully saturated rings. The quantitative estimate of drug-likeness (QED) is 0.109. The number of benzene rings is 6. The molecule has 6 aromatic carbocycles. The van der Waals surface area contributed by atoms with E-state index in [2.05, 4.69) is 196 Å². The van der Waals surface area contributed by atoms with Gasteiger partial charge in [-0.3, -0.25) is 4.98 Å². The minimum atomic E-state index is -2.09. The fourth-order valence-corrected chi connectivity index (χ4v) is 12.2. The molecular weight excluding hydrogens is 763 g/mol. The highest BCUT2D eigenvalue weighted by Gasteiger charge is 2.34. The number of fused-ring (bicyclic) bond motifs is 4. The van der Waals surface area contributed by atoms with Crippen LogP contribution in [0.5, 0.6) is 0 Å². The zero-order chi connectivity index (χ0) is 41.8. The summed E-state index contributed by atoms with van der Waals surface area (Å²) in [6.45, 7) is 12.9. The van der Waals surface area contributed by atoms with Crippen LogP contribution in [0.25, 0.3) is 72.5 Å². The number of unbranched alkanes of at least 4 members (excludes halogenated alkanes) is 1. The van der Waals surface area contributed by atoms with Crippen LogP contribution < -0.4 is 0 Å². The molecule has 0 radical (unpaired) electrons. The van der Waals surface area contributed by atoms with Crippen LogP contribution in [-0.2, 0) is 0 Å². The fourth-order valence-electron chi connectivity index (χ4n) is 8.30. The second-order valence-electron chi connectivity index (χ2n) is 15.1. The minimum absolute atomic E-state index is 0.793. The summed E-state index contributed by atoms with van der Waals surface area (Å²) in [6.07, 6.45) is 18.5. The van der Waals surface area contributed by atoms with Crippen LogP contribution in [0.3, 0.4) is 0 Å². The van der Waals surface area contributed by atoms with Crippen molar-refractivity contribution in [2.24, 2.45) is 0 Å². The van der Waals surface area contributed by atoms with Crippen LogP contribution in [0, 0.1) is 6.92 Å². The van der Waals surface area contributed by atoms with Gasteiger partial charge in [0.25, 0.3) is 0 Å². The zero-order valence-corrected chi connectivity index (χ0v) is 35.4. The largest absolute Gasteiger partial charge is 0.456 e. The first-order valence-corrected chi connectivity index (χ1v) is 22.4. The van der Waals surface area contributed by atoms with Gasteiger partial charge in [-0.15, -0.1) is 10.0 Å². The molecule has 298 valence electrons. The van der Waals surface area contributed by atoms with Crippen molar-refractivity contribution >= 4 is 49.1 Å². The Labute approximate surface area is 359 Å². The van der Waals surface area contributed by atoms with Crippen LogP contribution in [0.2, 0.25) is 0 Å². The summed E-state index contributed by atoms with van der Waals surface area (Å²) in [4.78, 5) is 9.35. The molecule has 9 rings (SSSR count). The SMILES string of the molecule is C=C/C=C(\C=C)S(c1ccccc1)(c1cccc(-c2cccc(-c3ccc4oc5cccnc5c4c3)c2)c1)c1cccc(-c2ccc3oc(/C=C\C=C\CCC)c(C)c3c2)c1. The standard InChI is InChI=1S/C57H47NO2S/c1-5-8-9-10-14-28-53-40(4)51-38-45(30-32-54(51)59-53)44-23-17-27-50(37-44)61(47(7-3)19-6-2,48-24-12-11-13-25-48)49-26-16-22-43(36-49)41-20-15-21-42(35-41)46-31-33-55-52(39-46)57-56(60-55)29-18-34-58-57/h6-7,9-39H,2-3,5,8H2,1,4H3/b10-9+,28-14-,47-19+. The Morgan fingerprint density at radius 1 is 0.590 bits per heavy atom. The Morgan fingerprint density at radius 3 is 1.85 bits per heavy atom. The summed E-state index contributed by atoms with van der Waals surface area (Å²) < 4.78 is 12.4. The molecule has 0 spiro atoms. The van der Waals surface area contributed by atoms with Gasteiger partial charge >= 0.3 is 0 Å². The number of nitrogens with zero attached hydrogens (tertiary/aromatic N) is 1. The summed E-state index contributed by atoms with van der Waals surface area (Å²) in [5, 5.41) is 2.13. The van der Waals surface area contributed by atoms with Crippen molar-refractivity contribution in [2.75, 3.05) is 0 Å². The number of hydrogen-bond acceptors (Lipinski definition) is 3. The smallest absolute Gasteiger partial charge is 0.153 e. The van der Waals surface area contributed by atoms with Crippen molar-refractivity contribution in [1.82, 2.24) is 4.98 Å². The van der Waals surface area contributed by atoms with E-state index in [0.717, 1.165) is 95.5 Å². The number of rotatable bonds is 13. The lowest BCUT2D eigenvalue weighted by Crippen LogP contribution is -2.06. The van der Waals surface area contributed by atoms with E-state index in [1.807, 2.05) is 36.5 Å². The molecule has 1 atom stereocenters. The van der Waals surface area contributed by atoms with E-state index >= 15 is 0 Å². The third kappa shape index (κ3) is 7.41. The molecule has 0 amide bonds. The van der Waals surface area contributed by atoms with Gasteiger partial charge < -0.3 is 8.83 Å². The first kappa shape index (κ1) is 39.3. The molecule has 1 unspecified atom stereocenters. The van der Waals surface area contributed by atoms with E-state index < -0.39 is 10.0 Å². The topological polar surface area (TPSA) is 39.2 Å². The van der Waals surface area contributed by atoms with Gasteiger partial charge in [0.15, 0.2) is 5.58 Å². The number of allylic oxidation sites excluding steroid dienone is 6. The molecule has 3 aromatic heterocycles. The second-order valence-corrected chi connectivity index (χ2v) is 18.2. The normalized spacial score (nSPS) is 13.6. The van der Waals surface area contributed by atoms with Crippen LogP contribution in [0.1, 0.15) is 31.1 Å². The average molecular weight is 810 g/mol. The van der Waals surface area contributed by atoms with E-state index in [4.69, 9.17) is 8.83 Å². The Bertz CT molecular complexity index is 3160. The van der Waals surface area contributed by atoms with E-state index in [1.165, 1.54) is 14.7 Å². The minimum Gasteiger partial charge on any atom is -0.456 e. The van der Waals surface area contributed by atoms with E-state index in [0.29, 0.717) is 0 Å². The summed E-state index contributed by atoms with van der Waals surface area (Å²) in [5.41, 5.74) is 11.3. The van der Waals surface area contributed by atoms with Crippen LogP contribution in [0.15, 0.2) is 236 Å². The van der Waals surface area contributed by atoms with Gasteiger partial charge in [0.05, 0.1) is 0 Å². The number of furan rings is 2. The molecular formula is C57H47NO2S. The Kier molecular flexibility index (Phi) is 11.1. The molecule has 9 aromatic rings. The highest BCUT2D eigenvalue weighted by Crippen LogP contribution is 2.74. The number of aromatic nitrogens is 1. The van der Waals surface area contributed by atoms with Gasteiger partial charge in [-0.2, -0.15) is 0 Å². The van der Waals surface area contributed by atoms with Crippen LogP contribution >= 0.6 is 10.0 Å². The molecule has 3 heterocycles. The molecule has 0 aliphatic rings. The maximum atomic E-state index is 6.32. The van der Waals surface area contributed by atoms with Crippen molar-refractivity contribution in [1.29, 1.82) is 0 Å². The number of aryl methyl sites for hydroxylation is 1. The zero-order valence-electron chi connectivity index (χ0n) is 34.6. The van der Waals surface area contributed by atoms with Gasteiger partial charge in [0.1, 0.15) is 22.4 Å². The van der Waals surface area contributed by atoms with Gasteiger partial charge in [-0.25, -0.2) is 0 Å². The third-order valence-electron chi connectivity index (χ3n) is 11.3. The fraction of sp³-hybridized carbons (Fsp3) is 0.0702. The summed E-state index contributed by atoms with van der Waals surface area (Å²) in [7, 11) is -2.09. The lowest BCUT2D eigenvalue weighted by atomic mass is 9.98. The molecule has 0 saturated carbocycles. The summed E-state index contributed by atoms with van der Waals surface area (Å²) in [5.74, 6) is 0.884. The number of hydrogen-bond donors (Lipinski definition) is 0. The summed E-state index contributed by atoms with van der Waals surface area (Å²) >= 11 is 0. The monoisotopic (exact) mass is 809 g/mol. The lowest BCUT2D eigenvalue weighted by Gasteiger charge is -2.43. The lowest BCUT2D eigenvalue weighted by molar-refractivity contribution is 0.601. The van der Waals surface area contributed by atoms with E-state index in [-0.39, 0.29) is 0 Å². The first-order chi connectivity index (χ1) is 30.0. The van der Waals surface area contributed by atoms with Crippen molar-refractivity contribution in [3.63, 3.8) is 0 Å². The van der Waals surface area contributed by atoms with Crippen LogP contribution in [-0.4, -0.2) is 4.98 Å².